The monoisotopic (exact) mass is 312 g/mol. The molecule has 0 bridgehead atoms. The molecule has 0 spiro atoms. The highest BCUT2D eigenvalue weighted by Crippen LogP contribution is 2.18. The van der Waals surface area contributed by atoms with E-state index in [9.17, 15) is 8.42 Å². The summed E-state index contributed by atoms with van der Waals surface area (Å²) in [4.78, 5) is 2.59. The number of rotatable bonds is 7. The van der Waals surface area contributed by atoms with E-state index in [0.29, 0.717) is 24.0 Å². The summed E-state index contributed by atoms with van der Waals surface area (Å²) in [5, 5.41) is 9.10. The summed E-state index contributed by atoms with van der Waals surface area (Å²) >= 11 is 0. The number of hydrogen-bond acceptors (Lipinski definition) is 4. The molecule has 1 atom stereocenters. The van der Waals surface area contributed by atoms with E-state index < -0.39 is 10.0 Å². The Hall–Kier alpha value is -0.950. The van der Waals surface area contributed by atoms with Crippen LogP contribution in [0.3, 0.4) is 0 Å². The molecule has 0 aliphatic carbocycles. The van der Waals surface area contributed by atoms with Gasteiger partial charge in [-0.1, -0.05) is 24.6 Å². The molecule has 0 unspecified atom stereocenters. The van der Waals surface area contributed by atoms with Gasteiger partial charge in [0.2, 0.25) is 10.0 Å². The molecule has 2 N–H and O–H groups in total. The summed E-state index contributed by atoms with van der Waals surface area (Å²) in [5.74, 6) is 0. The molecular formula is C15H24N2O3S. The van der Waals surface area contributed by atoms with Gasteiger partial charge in [0.05, 0.1) is 4.90 Å². The highest BCUT2D eigenvalue weighted by atomic mass is 32.2. The number of piperidine rings is 1. The van der Waals surface area contributed by atoms with Gasteiger partial charge in [0.25, 0.3) is 0 Å². The maximum atomic E-state index is 12.1. The second-order valence-electron chi connectivity index (χ2n) is 5.41. The lowest BCUT2D eigenvalue weighted by Crippen LogP contribution is -2.44. The molecule has 5 nitrogen and oxygen atoms in total. The van der Waals surface area contributed by atoms with E-state index in [4.69, 9.17) is 5.11 Å². The van der Waals surface area contributed by atoms with Gasteiger partial charge in [0.1, 0.15) is 0 Å². The van der Waals surface area contributed by atoms with Crippen LogP contribution in [0.2, 0.25) is 0 Å². The lowest BCUT2D eigenvalue weighted by Gasteiger charge is -2.35. The Morgan fingerprint density at radius 2 is 2.00 bits per heavy atom. The summed E-state index contributed by atoms with van der Waals surface area (Å²) in [7, 11) is -3.42. The van der Waals surface area contributed by atoms with E-state index in [2.05, 4.69) is 9.62 Å². The topological polar surface area (TPSA) is 69.6 Å². The van der Waals surface area contributed by atoms with Crippen LogP contribution in [0.25, 0.3) is 0 Å². The normalized spacial score (nSPS) is 20.5. The predicted molar refractivity (Wildman–Crippen MR) is 82.5 cm³/mol. The van der Waals surface area contributed by atoms with Gasteiger partial charge in [-0.15, -0.1) is 0 Å². The van der Waals surface area contributed by atoms with Crippen LogP contribution in [-0.4, -0.2) is 50.7 Å². The summed E-state index contributed by atoms with van der Waals surface area (Å²) < 4.78 is 26.9. The zero-order valence-corrected chi connectivity index (χ0v) is 13.1. The number of likely N-dealkylation sites (tertiary alicyclic amines) is 1. The molecule has 2 rings (SSSR count). The Balaban J connectivity index is 1.85. The average molecular weight is 312 g/mol. The van der Waals surface area contributed by atoms with E-state index in [1.54, 1.807) is 30.3 Å². The SMILES string of the molecule is O=S(=O)(NCCN1CCCC[C@@H]1CCO)c1ccccc1. The Labute approximate surface area is 127 Å². The first-order valence-corrected chi connectivity index (χ1v) is 9.01. The number of nitrogens with one attached hydrogen (secondary N) is 1. The van der Waals surface area contributed by atoms with E-state index >= 15 is 0 Å². The van der Waals surface area contributed by atoms with Gasteiger partial charge < -0.3 is 5.11 Å². The van der Waals surface area contributed by atoms with Crippen molar-refractivity contribution in [3.63, 3.8) is 0 Å². The third-order valence-electron chi connectivity index (χ3n) is 3.96. The van der Waals surface area contributed by atoms with Gasteiger partial charge in [-0.05, 0) is 37.9 Å². The molecule has 1 heterocycles. The Morgan fingerprint density at radius 1 is 1.24 bits per heavy atom. The number of sulfonamides is 1. The van der Waals surface area contributed by atoms with Crippen molar-refractivity contribution >= 4 is 10.0 Å². The van der Waals surface area contributed by atoms with Crippen LogP contribution in [-0.2, 0) is 10.0 Å². The van der Waals surface area contributed by atoms with E-state index in [0.717, 1.165) is 25.8 Å². The van der Waals surface area contributed by atoms with Crippen molar-refractivity contribution in [3.05, 3.63) is 30.3 Å². The molecule has 0 radical (unpaired) electrons. The minimum Gasteiger partial charge on any atom is -0.396 e. The van der Waals surface area contributed by atoms with Crippen LogP contribution < -0.4 is 4.72 Å². The van der Waals surface area contributed by atoms with Crippen molar-refractivity contribution in [2.24, 2.45) is 0 Å². The molecule has 1 aliphatic rings. The molecule has 1 aromatic carbocycles. The van der Waals surface area contributed by atoms with Crippen LogP contribution in [0, 0.1) is 0 Å². The van der Waals surface area contributed by atoms with Crippen molar-refractivity contribution in [1.29, 1.82) is 0 Å². The van der Waals surface area contributed by atoms with E-state index in [-0.39, 0.29) is 6.61 Å². The van der Waals surface area contributed by atoms with Crippen LogP contribution in [0.15, 0.2) is 35.2 Å². The lowest BCUT2D eigenvalue weighted by atomic mass is 10.00. The van der Waals surface area contributed by atoms with Crippen molar-refractivity contribution in [2.45, 2.75) is 36.6 Å². The molecule has 0 saturated carbocycles. The van der Waals surface area contributed by atoms with Crippen LogP contribution in [0.1, 0.15) is 25.7 Å². The Bertz CT molecular complexity index is 517. The van der Waals surface area contributed by atoms with Gasteiger partial charge in [-0.2, -0.15) is 0 Å². The maximum absolute atomic E-state index is 12.1. The number of aliphatic hydroxyl groups is 1. The molecule has 0 aromatic heterocycles. The van der Waals surface area contributed by atoms with E-state index in [1.165, 1.54) is 6.42 Å². The maximum Gasteiger partial charge on any atom is 0.240 e. The fourth-order valence-electron chi connectivity index (χ4n) is 2.84. The number of hydrogen-bond donors (Lipinski definition) is 2. The zero-order chi connectivity index (χ0) is 15.1. The smallest absolute Gasteiger partial charge is 0.240 e. The van der Waals surface area contributed by atoms with Crippen LogP contribution >= 0.6 is 0 Å². The highest BCUT2D eigenvalue weighted by molar-refractivity contribution is 7.89. The number of benzene rings is 1. The molecule has 1 aliphatic heterocycles. The number of aliphatic hydroxyl groups excluding tert-OH is 1. The molecule has 21 heavy (non-hydrogen) atoms. The summed E-state index contributed by atoms with van der Waals surface area (Å²) in [6, 6.07) is 8.80. The third kappa shape index (κ3) is 4.78. The van der Waals surface area contributed by atoms with Gasteiger partial charge >= 0.3 is 0 Å². The quantitative estimate of drug-likeness (QED) is 0.794. The molecule has 1 saturated heterocycles. The van der Waals surface area contributed by atoms with Crippen molar-refractivity contribution in [1.82, 2.24) is 9.62 Å². The van der Waals surface area contributed by atoms with Crippen LogP contribution in [0.5, 0.6) is 0 Å². The molecule has 1 fully saturated rings. The largest absolute Gasteiger partial charge is 0.396 e. The molecular weight excluding hydrogens is 288 g/mol. The first-order valence-electron chi connectivity index (χ1n) is 7.53. The second-order valence-corrected chi connectivity index (χ2v) is 7.18. The molecule has 1 aromatic rings. The van der Waals surface area contributed by atoms with Crippen molar-refractivity contribution < 1.29 is 13.5 Å². The predicted octanol–water partition coefficient (Wildman–Crippen LogP) is 1.20. The summed E-state index contributed by atoms with van der Waals surface area (Å²) in [6.45, 7) is 2.27. The van der Waals surface area contributed by atoms with Crippen LogP contribution in [0.4, 0.5) is 0 Å². The fraction of sp³-hybridized carbons (Fsp3) is 0.600. The van der Waals surface area contributed by atoms with Crippen molar-refractivity contribution in [2.75, 3.05) is 26.2 Å². The van der Waals surface area contributed by atoms with Gasteiger partial charge in [0.15, 0.2) is 0 Å². The lowest BCUT2D eigenvalue weighted by molar-refractivity contribution is 0.121. The first kappa shape index (κ1) is 16.4. The van der Waals surface area contributed by atoms with Gasteiger partial charge in [-0.3, -0.25) is 4.90 Å². The minimum absolute atomic E-state index is 0.191. The zero-order valence-electron chi connectivity index (χ0n) is 12.2. The second kappa shape index (κ2) is 7.89. The van der Waals surface area contributed by atoms with Crippen molar-refractivity contribution in [3.8, 4) is 0 Å². The van der Waals surface area contributed by atoms with Gasteiger partial charge in [0, 0.05) is 25.7 Å². The molecule has 118 valence electrons. The minimum atomic E-state index is -3.42. The summed E-state index contributed by atoms with van der Waals surface area (Å²) in [6.07, 6.45) is 4.20. The highest BCUT2D eigenvalue weighted by Gasteiger charge is 2.22. The number of nitrogens with zero attached hydrogens (tertiary/aromatic N) is 1. The van der Waals surface area contributed by atoms with E-state index in [1.807, 2.05) is 0 Å². The molecule has 0 amide bonds. The standard InChI is InChI=1S/C15H24N2O3S/c18-13-9-14-6-4-5-11-17(14)12-10-16-21(19,20)15-7-2-1-3-8-15/h1-3,7-8,14,16,18H,4-6,9-13H2/t14-/m1/s1. The average Bonchev–Trinajstić information content (AvgIpc) is 2.50. The Morgan fingerprint density at radius 3 is 2.71 bits per heavy atom. The first-order chi connectivity index (χ1) is 10.1. The third-order valence-corrected chi connectivity index (χ3v) is 5.43. The summed E-state index contributed by atoms with van der Waals surface area (Å²) in [5.41, 5.74) is 0. The fourth-order valence-corrected chi connectivity index (χ4v) is 3.88. The van der Waals surface area contributed by atoms with Gasteiger partial charge in [-0.25, -0.2) is 13.1 Å². The Kier molecular flexibility index (Phi) is 6.17. The molecule has 6 heteroatoms.